The first-order valence-electron chi connectivity index (χ1n) is 10.0. The molecule has 2 aromatic rings. The molecule has 0 radical (unpaired) electrons. The monoisotopic (exact) mass is 484 g/mol. The topological polar surface area (TPSA) is 105 Å². The number of hydrogen-bond acceptors (Lipinski definition) is 10. The van der Waals surface area contributed by atoms with Gasteiger partial charge in [0.25, 0.3) is 5.69 Å². The third-order valence-corrected chi connectivity index (χ3v) is 7.93. The Morgan fingerprint density at radius 2 is 1.76 bits per heavy atom. The molecule has 170 valence electrons. The maximum Gasteiger partial charge on any atom is 0.365 e. The number of thioether (sulfide) groups is 2. The van der Waals surface area contributed by atoms with Crippen LogP contribution >= 0.6 is 23.5 Å². The van der Waals surface area contributed by atoms with Crippen molar-refractivity contribution in [3.63, 3.8) is 0 Å². The molecule has 0 fully saturated rings. The van der Waals surface area contributed by atoms with Crippen LogP contribution in [-0.4, -0.2) is 32.7 Å². The fraction of sp³-hybridized carbons (Fsp3) is 0.227. The highest BCUT2D eigenvalue weighted by Crippen LogP contribution is 2.60. The number of esters is 1. The lowest BCUT2D eigenvalue weighted by Crippen LogP contribution is -2.49. The van der Waals surface area contributed by atoms with Crippen molar-refractivity contribution in [2.75, 3.05) is 16.5 Å². The Hall–Kier alpha value is -3.31. The minimum Gasteiger partial charge on any atom is -0.461 e. The zero-order valence-electron chi connectivity index (χ0n) is 18.0. The number of nitro benzene ring substituents is 1. The van der Waals surface area contributed by atoms with E-state index in [1.165, 1.54) is 42.6 Å². The molecule has 2 aromatic carbocycles. The lowest BCUT2D eigenvalue weighted by atomic mass is 10.2. The van der Waals surface area contributed by atoms with Crippen LogP contribution in [0.3, 0.4) is 0 Å². The van der Waals surface area contributed by atoms with E-state index in [4.69, 9.17) is 4.74 Å². The van der Waals surface area contributed by atoms with Crippen LogP contribution in [0.5, 0.6) is 0 Å². The van der Waals surface area contributed by atoms with Crippen molar-refractivity contribution < 1.29 is 19.2 Å². The van der Waals surface area contributed by atoms with Crippen LogP contribution in [0.2, 0.25) is 0 Å². The first-order chi connectivity index (χ1) is 15.8. The summed E-state index contributed by atoms with van der Waals surface area (Å²) in [5.74, 6) is -0.682. The van der Waals surface area contributed by atoms with Crippen molar-refractivity contribution >= 4 is 57.4 Å². The smallest absolute Gasteiger partial charge is 0.365 e. The molecular weight excluding hydrogens is 464 g/mol. The number of carbonyl (C=O) groups excluding carboxylic acids is 2. The van der Waals surface area contributed by atoms with Gasteiger partial charge in [0.1, 0.15) is 0 Å². The molecule has 0 aliphatic carbocycles. The fourth-order valence-corrected chi connectivity index (χ4v) is 6.54. The standard InChI is InChI=1S/C22H20N4O5S2/c1-4-31-21(28)20-23-25(17-10-12-18(13-11-17)26(29)30)22(33-20)24(16-8-6-5-7-9-16)14(2)19(32-22)15(3)27/h5-13H,4H2,1-3H3/t22-/m0/s1. The van der Waals surface area contributed by atoms with Crippen LogP contribution in [0.25, 0.3) is 0 Å². The summed E-state index contributed by atoms with van der Waals surface area (Å²) in [5, 5.41) is 17.4. The van der Waals surface area contributed by atoms with E-state index in [0.29, 0.717) is 10.6 Å². The highest BCUT2D eigenvalue weighted by molar-refractivity contribution is 8.29. The van der Waals surface area contributed by atoms with Crippen molar-refractivity contribution in [1.29, 1.82) is 0 Å². The Labute approximate surface area is 198 Å². The van der Waals surface area contributed by atoms with Crippen molar-refractivity contribution in [3.8, 4) is 0 Å². The fourth-order valence-electron chi connectivity index (χ4n) is 3.59. The summed E-state index contributed by atoms with van der Waals surface area (Å²) in [5.41, 5.74) is 1.99. The maximum absolute atomic E-state index is 12.6. The van der Waals surface area contributed by atoms with E-state index in [1.54, 1.807) is 24.1 Å². The third-order valence-electron chi connectivity index (χ3n) is 4.96. The summed E-state index contributed by atoms with van der Waals surface area (Å²) in [7, 11) is 0. The van der Waals surface area contributed by atoms with Crippen LogP contribution in [-0.2, 0) is 14.3 Å². The lowest BCUT2D eigenvalue weighted by Gasteiger charge is -2.41. The van der Waals surface area contributed by atoms with Gasteiger partial charge in [0, 0.05) is 23.5 Å². The van der Waals surface area contributed by atoms with Gasteiger partial charge in [0.2, 0.25) is 9.37 Å². The molecule has 2 aliphatic rings. The summed E-state index contributed by atoms with van der Waals surface area (Å²) >= 11 is 2.45. The van der Waals surface area contributed by atoms with Crippen molar-refractivity contribution in [1.82, 2.24) is 0 Å². The number of anilines is 2. The zero-order valence-corrected chi connectivity index (χ0v) is 19.7. The third kappa shape index (κ3) is 3.98. The number of hydrazone groups is 1. The number of non-ortho nitro benzene ring substituents is 1. The van der Waals surface area contributed by atoms with Crippen LogP contribution < -0.4 is 9.91 Å². The molecule has 0 bridgehead atoms. The molecule has 0 N–H and O–H groups in total. The number of allylic oxidation sites excluding steroid dienone is 2. The Kier molecular flexibility index (Phi) is 6.17. The molecule has 0 amide bonds. The Bertz CT molecular complexity index is 1180. The SMILES string of the molecule is CCOC(=O)C1=NN(c2ccc([N+](=O)[O-])cc2)[C@]2(S1)SC(C(C)=O)=C(C)N2c1ccccc1. The van der Waals surface area contributed by atoms with Gasteiger partial charge in [0.05, 0.1) is 22.1 Å². The Balaban J connectivity index is 1.88. The summed E-state index contributed by atoms with van der Waals surface area (Å²) in [6.07, 6.45) is 0. The van der Waals surface area contributed by atoms with E-state index in [2.05, 4.69) is 5.10 Å². The number of hydrogen-bond donors (Lipinski definition) is 0. The summed E-state index contributed by atoms with van der Waals surface area (Å²) < 4.78 is 4.11. The van der Waals surface area contributed by atoms with Gasteiger partial charge in [-0.2, -0.15) is 5.10 Å². The van der Waals surface area contributed by atoms with E-state index in [9.17, 15) is 19.7 Å². The first kappa shape index (κ1) is 22.9. The largest absolute Gasteiger partial charge is 0.461 e. The first-order valence-corrected chi connectivity index (χ1v) is 11.7. The van der Waals surface area contributed by atoms with Crippen LogP contribution in [0.4, 0.5) is 17.1 Å². The second kappa shape index (κ2) is 8.91. The highest BCUT2D eigenvalue weighted by atomic mass is 32.2. The van der Waals surface area contributed by atoms with E-state index in [-0.39, 0.29) is 23.1 Å². The maximum atomic E-state index is 12.6. The van der Waals surface area contributed by atoms with Crippen LogP contribution in [0.15, 0.2) is 70.3 Å². The van der Waals surface area contributed by atoms with Gasteiger partial charge in [0.15, 0.2) is 5.78 Å². The number of rotatable bonds is 6. The second-order valence-electron chi connectivity index (χ2n) is 7.11. The van der Waals surface area contributed by atoms with Crippen LogP contribution in [0, 0.1) is 10.1 Å². The van der Waals surface area contributed by atoms with Gasteiger partial charge >= 0.3 is 5.97 Å². The molecule has 1 atom stereocenters. The quantitative estimate of drug-likeness (QED) is 0.327. The molecule has 33 heavy (non-hydrogen) atoms. The molecule has 4 rings (SSSR count). The lowest BCUT2D eigenvalue weighted by molar-refractivity contribution is -0.384. The van der Waals surface area contributed by atoms with Crippen molar-refractivity contribution in [3.05, 3.63) is 75.3 Å². The second-order valence-corrected chi connectivity index (χ2v) is 9.71. The predicted molar refractivity (Wildman–Crippen MR) is 130 cm³/mol. The highest BCUT2D eigenvalue weighted by Gasteiger charge is 2.57. The average molecular weight is 485 g/mol. The molecule has 0 saturated heterocycles. The van der Waals surface area contributed by atoms with E-state index >= 15 is 0 Å². The summed E-state index contributed by atoms with van der Waals surface area (Å²) in [4.78, 5) is 38.3. The van der Waals surface area contributed by atoms with Crippen LogP contribution in [0.1, 0.15) is 20.8 Å². The number of ether oxygens (including phenoxy) is 1. The molecular formula is C22H20N4O5S2. The number of carbonyl (C=O) groups is 2. The van der Waals surface area contributed by atoms with Crippen molar-refractivity contribution in [2.45, 2.75) is 25.1 Å². The zero-order chi connectivity index (χ0) is 23.8. The van der Waals surface area contributed by atoms with Gasteiger partial charge in [-0.15, -0.1) is 0 Å². The molecule has 0 saturated carbocycles. The summed E-state index contributed by atoms with van der Waals surface area (Å²) in [6.45, 7) is 5.25. The number of nitrogens with zero attached hydrogens (tertiary/aromatic N) is 4. The Morgan fingerprint density at radius 3 is 2.33 bits per heavy atom. The van der Waals surface area contributed by atoms with Crippen molar-refractivity contribution in [2.24, 2.45) is 5.10 Å². The minimum atomic E-state index is -1.08. The van der Waals surface area contributed by atoms with Gasteiger partial charge in [-0.1, -0.05) is 30.0 Å². The van der Waals surface area contributed by atoms with E-state index in [0.717, 1.165) is 11.4 Å². The Morgan fingerprint density at radius 1 is 1.09 bits per heavy atom. The molecule has 2 aliphatic heterocycles. The molecule has 11 heteroatoms. The number of nitro groups is 1. The molecule has 1 spiro atoms. The minimum absolute atomic E-state index is 0.0630. The number of benzene rings is 2. The van der Waals surface area contributed by atoms with E-state index < -0.39 is 15.2 Å². The number of para-hydroxylation sites is 1. The van der Waals surface area contributed by atoms with Gasteiger partial charge in [-0.3, -0.25) is 14.9 Å². The summed E-state index contributed by atoms with van der Waals surface area (Å²) in [6, 6.07) is 15.4. The van der Waals surface area contributed by atoms with Gasteiger partial charge in [-0.05, 0) is 56.8 Å². The molecule has 0 unspecified atom stereocenters. The van der Waals surface area contributed by atoms with E-state index in [1.807, 2.05) is 42.2 Å². The molecule has 2 heterocycles. The molecule has 9 nitrogen and oxygen atoms in total. The van der Waals surface area contributed by atoms with Gasteiger partial charge in [-0.25, -0.2) is 9.80 Å². The number of Topliss-reactive ketones (excluding diaryl/α,β-unsaturated/α-hetero) is 1. The molecule has 0 aromatic heterocycles. The normalized spacial score (nSPS) is 19.8. The number of ketones is 1. The predicted octanol–water partition coefficient (Wildman–Crippen LogP) is 4.71. The van der Waals surface area contributed by atoms with Gasteiger partial charge < -0.3 is 9.64 Å². The average Bonchev–Trinajstić information content (AvgIpc) is 3.32.